The quantitative estimate of drug-likeness (QED) is 0.272. The van der Waals surface area contributed by atoms with Crippen molar-refractivity contribution in [1.82, 2.24) is 5.43 Å². The van der Waals surface area contributed by atoms with Crippen LogP contribution < -0.4 is 5.43 Å². The van der Waals surface area contributed by atoms with E-state index >= 15 is 0 Å². The molecule has 0 heterocycles. The van der Waals surface area contributed by atoms with Crippen molar-refractivity contribution in [3.8, 4) is 0 Å². The van der Waals surface area contributed by atoms with Crippen molar-refractivity contribution in [3.63, 3.8) is 0 Å². The van der Waals surface area contributed by atoms with Crippen molar-refractivity contribution in [2.24, 2.45) is 5.10 Å². The summed E-state index contributed by atoms with van der Waals surface area (Å²) in [6.45, 7) is 7.42. The van der Waals surface area contributed by atoms with Gasteiger partial charge in [0.15, 0.2) is 6.40 Å². The van der Waals surface area contributed by atoms with E-state index in [1.54, 1.807) is 0 Å². The van der Waals surface area contributed by atoms with Gasteiger partial charge < -0.3 is 9.84 Å². The lowest BCUT2D eigenvalue weighted by Crippen LogP contribution is -2.44. The minimum absolute atomic E-state index is 0.0609. The van der Waals surface area contributed by atoms with E-state index in [4.69, 9.17) is 9.84 Å². The largest absolute Gasteiger partial charge is 0.452 e. The number of aliphatic hydroxyl groups is 1. The number of ether oxygens (including phenoxy) is 1. The van der Waals surface area contributed by atoms with E-state index in [9.17, 15) is 0 Å². The van der Waals surface area contributed by atoms with Crippen LogP contribution >= 0.6 is 0 Å². The Bertz CT molecular complexity index is 157. The summed E-state index contributed by atoms with van der Waals surface area (Å²) in [6.07, 6.45) is 4.16. The van der Waals surface area contributed by atoms with E-state index in [1.807, 2.05) is 13.8 Å². The minimum Gasteiger partial charge on any atom is -0.452 e. The number of hydrogen-bond donors (Lipinski definition) is 2. The smallest absolute Gasteiger partial charge is 0.198 e. The summed E-state index contributed by atoms with van der Waals surface area (Å²) in [4.78, 5) is 0. The van der Waals surface area contributed by atoms with Crippen molar-refractivity contribution in [2.45, 2.75) is 32.2 Å². The highest BCUT2D eigenvalue weighted by Gasteiger charge is 2.23. The molecule has 2 N–H and O–H groups in total. The fourth-order valence-corrected chi connectivity index (χ4v) is 0.904. The highest BCUT2D eigenvalue weighted by molar-refractivity contribution is 5.46. The standard InChI is InChI=1S/C9H18N2O2/c1-4-9(5-2,7-12)11-10-8-13-6-3/h6,8,11-12H,3-5,7H2,1-2H3. The predicted molar refractivity (Wildman–Crippen MR) is 53.3 cm³/mol. The van der Waals surface area contributed by atoms with E-state index in [-0.39, 0.29) is 12.1 Å². The Kier molecular flexibility index (Phi) is 5.97. The molecule has 0 unspecified atom stereocenters. The second-order valence-corrected chi connectivity index (χ2v) is 2.79. The zero-order valence-electron chi connectivity index (χ0n) is 8.29. The number of hydrazone groups is 1. The first-order valence-electron chi connectivity index (χ1n) is 4.40. The van der Waals surface area contributed by atoms with Gasteiger partial charge in [-0.25, -0.2) is 0 Å². The molecule has 0 aromatic carbocycles. The number of hydrogen-bond acceptors (Lipinski definition) is 4. The van der Waals surface area contributed by atoms with Gasteiger partial charge >= 0.3 is 0 Å². The molecule has 0 amide bonds. The lowest BCUT2D eigenvalue weighted by atomic mass is 9.95. The molecule has 0 spiro atoms. The third kappa shape index (κ3) is 3.94. The van der Waals surface area contributed by atoms with Crippen molar-refractivity contribution >= 4 is 6.40 Å². The van der Waals surface area contributed by atoms with Gasteiger partial charge in [-0.05, 0) is 12.8 Å². The van der Waals surface area contributed by atoms with Gasteiger partial charge in [0.25, 0.3) is 0 Å². The molecular weight excluding hydrogens is 168 g/mol. The molecule has 76 valence electrons. The molecule has 0 atom stereocenters. The summed E-state index contributed by atoms with van der Waals surface area (Å²) >= 11 is 0. The van der Waals surface area contributed by atoms with Crippen molar-refractivity contribution in [3.05, 3.63) is 12.8 Å². The number of aliphatic hydroxyl groups excluding tert-OH is 1. The molecule has 0 aromatic rings. The van der Waals surface area contributed by atoms with E-state index in [0.29, 0.717) is 0 Å². The minimum atomic E-state index is -0.332. The molecule has 0 saturated heterocycles. The number of nitrogens with zero attached hydrogens (tertiary/aromatic N) is 1. The Labute approximate surface area is 79.3 Å². The van der Waals surface area contributed by atoms with Crippen LogP contribution in [0.3, 0.4) is 0 Å². The summed E-state index contributed by atoms with van der Waals surface area (Å²) < 4.78 is 4.69. The number of rotatable bonds is 7. The van der Waals surface area contributed by atoms with Crippen LogP contribution in [0, 0.1) is 0 Å². The van der Waals surface area contributed by atoms with Gasteiger partial charge in [0.2, 0.25) is 0 Å². The molecule has 0 aromatic heterocycles. The van der Waals surface area contributed by atoms with E-state index in [1.165, 1.54) is 12.7 Å². The van der Waals surface area contributed by atoms with Crippen LogP contribution in [-0.4, -0.2) is 23.7 Å². The summed E-state index contributed by atoms with van der Waals surface area (Å²) in [5.74, 6) is 0. The van der Waals surface area contributed by atoms with Gasteiger partial charge in [0.1, 0.15) is 0 Å². The lowest BCUT2D eigenvalue weighted by Gasteiger charge is -2.28. The highest BCUT2D eigenvalue weighted by Crippen LogP contribution is 2.13. The Morgan fingerprint density at radius 2 is 2.15 bits per heavy atom. The Balaban J connectivity index is 4.01. The predicted octanol–water partition coefficient (Wildman–Crippen LogP) is 1.23. The molecule has 0 bridgehead atoms. The maximum Gasteiger partial charge on any atom is 0.198 e. The van der Waals surface area contributed by atoms with Gasteiger partial charge in [0.05, 0.1) is 18.4 Å². The molecule has 0 aliphatic heterocycles. The van der Waals surface area contributed by atoms with Gasteiger partial charge in [-0.1, -0.05) is 20.4 Å². The molecular formula is C9H18N2O2. The van der Waals surface area contributed by atoms with Gasteiger partial charge in [-0.15, -0.1) is 5.10 Å². The van der Waals surface area contributed by atoms with Crippen LogP contribution in [0.2, 0.25) is 0 Å². The fourth-order valence-electron chi connectivity index (χ4n) is 0.904. The van der Waals surface area contributed by atoms with Crippen LogP contribution in [0.25, 0.3) is 0 Å². The molecule has 0 rings (SSSR count). The maximum absolute atomic E-state index is 9.14. The van der Waals surface area contributed by atoms with Crippen LogP contribution in [0.1, 0.15) is 26.7 Å². The average molecular weight is 186 g/mol. The van der Waals surface area contributed by atoms with E-state index in [2.05, 4.69) is 17.1 Å². The Morgan fingerprint density at radius 1 is 1.54 bits per heavy atom. The van der Waals surface area contributed by atoms with Crippen LogP contribution in [-0.2, 0) is 4.74 Å². The molecule has 0 radical (unpaired) electrons. The van der Waals surface area contributed by atoms with Crippen LogP contribution in [0.5, 0.6) is 0 Å². The van der Waals surface area contributed by atoms with Crippen molar-refractivity contribution in [1.29, 1.82) is 0 Å². The monoisotopic (exact) mass is 186 g/mol. The van der Waals surface area contributed by atoms with Crippen LogP contribution in [0.4, 0.5) is 0 Å². The topological polar surface area (TPSA) is 53.8 Å². The third-order valence-electron chi connectivity index (χ3n) is 2.17. The van der Waals surface area contributed by atoms with Gasteiger partial charge in [-0.2, -0.15) is 0 Å². The third-order valence-corrected chi connectivity index (χ3v) is 2.17. The SMILES string of the molecule is C=COC=NNC(CC)(CC)CO. The van der Waals surface area contributed by atoms with Crippen molar-refractivity contribution < 1.29 is 9.84 Å². The number of nitrogens with one attached hydrogen (secondary N) is 1. The summed E-state index contributed by atoms with van der Waals surface area (Å²) in [6, 6.07) is 0. The molecule has 13 heavy (non-hydrogen) atoms. The van der Waals surface area contributed by atoms with Gasteiger partial charge in [-0.3, -0.25) is 5.43 Å². The second kappa shape index (κ2) is 6.48. The summed E-state index contributed by atoms with van der Waals surface area (Å²) in [7, 11) is 0. The molecule has 4 nitrogen and oxygen atoms in total. The lowest BCUT2D eigenvalue weighted by molar-refractivity contribution is 0.152. The Hall–Kier alpha value is -1.03. The van der Waals surface area contributed by atoms with Crippen LogP contribution in [0.15, 0.2) is 17.9 Å². The zero-order valence-corrected chi connectivity index (χ0v) is 8.29. The maximum atomic E-state index is 9.14. The first kappa shape index (κ1) is 12.0. The fraction of sp³-hybridized carbons (Fsp3) is 0.667. The molecule has 0 fully saturated rings. The first-order chi connectivity index (χ1) is 6.24. The average Bonchev–Trinajstić information content (AvgIpc) is 2.20. The highest BCUT2D eigenvalue weighted by atomic mass is 16.5. The van der Waals surface area contributed by atoms with Crippen molar-refractivity contribution in [2.75, 3.05) is 6.61 Å². The molecule has 0 aliphatic carbocycles. The molecule has 4 heteroatoms. The molecule has 0 saturated carbocycles. The van der Waals surface area contributed by atoms with E-state index in [0.717, 1.165) is 12.8 Å². The summed E-state index contributed by atoms with van der Waals surface area (Å²) in [5, 5.41) is 13.0. The Morgan fingerprint density at radius 3 is 2.54 bits per heavy atom. The normalized spacial score (nSPS) is 11.6. The first-order valence-corrected chi connectivity index (χ1v) is 4.40. The molecule has 0 aliphatic rings. The summed E-state index contributed by atoms with van der Waals surface area (Å²) in [5.41, 5.74) is 2.53. The zero-order chi connectivity index (χ0) is 10.2. The van der Waals surface area contributed by atoms with E-state index < -0.39 is 0 Å². The van der Waals surface area contributed by atoms with Gasteiger partial charge in [0, 0.05) is 0 Å². The second-order valence-electron chi connectivity index (χ2n) is 2.79.